The van der Waals surface area contributed by atoms with Crippen LogP contribution in [-0.2, 0) is 0 Å². The third-order valence-corrected chi connectivity index (χ3v) is 5.09. The van der Waals surface area contributed by atoms with Crippen LogP contribution in [0.25, 0.3) is 16.8 Å². The van der Waals surface area contributed by atoms with Gasteiger partial charge in [0.1, 0.15) is 11.8 Å². The predicted molar refractivity (Wildman–Crippen MR) is 81.6 cm³/mol. The molecule has 0 N–H and O–H groups in total. The number of aromatic nitrogens is 6. The van der Waals surface area contributed by atoms with Crippen LogP contribution in [0, 0.1) is 11.8 Å². The van der Waals surface area contributed by atoms with Gasteiger partial charge >= 0.3 is 0 Å². The van der Waals surface area contributed by atoms with Gasteiger partial charge in [0.2, 0.25) is 0 Å². The minimum atomic E-state index is -0.0895. The molecule has 114 valence electrons. The predicted octanol–water partition coefficient (Wildman–Crippen LogP) is 1.83. The van der Waals surface area contributed by atoms with Gasteiger partial charge in [-0.3, -0.25) is 4.79 Å². The van der Waals surface area contributed by atoms with E-state index in [0.29, 0.717) is 28.6 Å². The molecule has 3 heterocycles. The first-order chi connectivity index (χ1) is 10.7. The summed E-state index contributed by atoms with van der Waals surface area (Å²) in [7, 11) is 0. The highest BCUT2D eigenvalue weighted by molar-refractivity contribution is 5.74. The second kappa shape index (κ2) is 4.86. The van der Waals surface area contributed by atoms with Gasteiger partial charge in [-0.05, 0) is 24.3 Å². The van der Waals surface area contributed by atoms with E-state index in [1.807, 2.05) is 16.8 Å². The molecule has 22 heavy (non-hydrogen) atoms. The molecule has 1 saturated carbocycles. The Labute approximate surface area is 127 Å². The summed E-state index contributed by atoms with van der Waals surface area (Å²) in [4.78, 5) is 16.8. The second-order valence-corrected chi connectivity index (χ2v) is 6.27. The molecule has 0 amide bonds. The van der Waals surface area contributed by atoms with Crippen LogP contribution in [0.15, 0.2) is 23.4 Å². The standard InChI is InChI=1S/C15H18N6O/c1-9-4-3-5-11(10(9)2)20-7-6-12-13(14(20)22)18-19-15-16-8-17-21(12)15/h6-11H,3-5H2,1-2H3. The quantitative estimate of drug-likeness (QED) is 0.685. The zero-order valence-electron chi connectivity index (χ0n) is 12.7. The van der Waals surface area contributed by atoms with Crippen LogP contribution in [0.3, 0.4) is 0 Å². The summed E-state index contributed by atoms with van der Waals surface area (Å²) >= 11 is 0. The van der Waals surface area contributed by atoms with Crippen LogP contribution in [0.1, 0.15) is 39.2 Å². The van der Waals surface area contributed by atoms with Gasteiger partial charge in [-0.1, -0.05) is 26.7 Å². The molecule has 4 rings (SSSR count). The molecule has 3 unspecified atom stereocenters. The second-order valence-electron chi connectivity index (χ2n) is 6.27. The van der Waals surface area contributed by atoms with Crippen molar-refractivity contribution < 1.29 is 0 Å². The van der Waals surface area contributed by atoms with Crippen LogP contribution >= 0.6 is 0 Å². The lowest BCUT2D eigenvalue weighted by atomic mass is 9.78. The lowest BCUT2D eigenvalue weighted by Crippen LogP contribution is -2.34. The molecule has 0 aromatic carbocycles. The molecule has 1 aliphatic carbocycles. The summed E-state index contributed by atoms with van der Waals surface area (Å²) in [6.07, 6.45) is 6.72. The largest absolute Gasteiger partial charge is 0.310 e. The molecule has 1 aliphatic rings. The molecule has 0 aliphatic heterocycles. The summed E-state index contributed by atoms with van der Waals surface area (Å²) < 4.78 is 3.39. The van der Waals surface area contributed by atoms with Crippen LogP contribution in [-0.4, -0.2) is 29.4 Å². The molecule has 0 radical (unpaired) electrons. The molecular formula is C15H18N6O. The number of fused-ring (bicyclic) bond motifs is 3. The fourth-order valence-corrected chi connectivity index (χ4v) is 3.57. The molecule has 0 bridgehead atoms. The Morgan fingerprint density at radius 1 is 1.23 bits per heavy atom. The van der Waals surface area contributed by atoms with Crippen molar-refractivity contribution in [2.75, 3.05) is 0 Å². The topological polar surface area (TPSA) is 78.0 Å². The van der Waals surface area contributed by atoms with E-state index in [2.05, 4.69) is 34.1 Å². The van der Waals surface area contributed by atoms with Gasteiger partial charge in [-0.15, -0.1) is 10.2 Å². The maximum Gasteiger partial charge on any atom is 0.280 e. The van der Waals surface area contributed by atoms with Gasteiger partial charge in [0.25, 0.3) is 11.3 Å². The average molecular weight is 298 g/mol. The molecule has 3 aromatic heterocycles. The van der Waals surface area contributed by atoms with E-state index in [4.69, 9.17) is 0 Å². The molecule has 3 aromatic rings. The summed E-state index contributed by atoms with van der Waals surface area (Å²) in [5.74, 6) is 1.52. The van der Waals surface area contributed by atoms with Gasteiger partial charge in [0, 0.05) is 12.2 Å². The smallest absolute Gasteiger partial charge is 0.280 e. The van der Waals surface area contributed by atoms with Gasteiger partial charge in [0.15, 0.2) is 5.52 Å². The number of pyridine rings is 1. The maximum atomic E-state index is 12.8. The van der Waals surface area contributed by atoms with E-state index < -0.39 is 0 Å². The maximum absolute atomic E-state index is 12.8. The Kier molecular flexibility index (Phi) is 2.95. The zero-order chi connectivity index (χ0) is 15.3. The van der Waals surface area contributed by atoms with Crippen molar-refractivity contribution in [1.82, 2.24) is 29.4 Å². The summed E-state index contributed by atoms with van der Waals surface area (Å²) in [6.45, 7) is 4.50. The van der Waals surface area contributed by atoms with Crippen molar-refractivity contribution in [3.05, 3.63) is 28.9 Å². The van der Waals surface area contributed by atoms with E-state index in [1.54, 1.807) is 4.52 Å². The SMILES string of the molecule is CC1CCCC(n2ccc3c(nnc4ncnn43)c2=O)C1C. The first kappa shape index (κ1) is 13.4. The lowest BCUT2D eigenvalue weighted by molar-refractivity contribution is 0.183. The molecule has 1 fully saturated rings. The fraction of sp³-hybridized carbons (Fsp3) is 0.533. The van der Waals surface area contributed by atoms with Crippen LogP contribution in [0.5, 0.6) is 0 Å². The van der Waals surface area contributed by atoms with Gasteiger partial charge < -0.3 is 4.57 Å². The average Bonchev–Trinajstić information content (AvgIpc) is 3.00. The Morgan fingerprint density at radius 3 is 2.95 bits per heavy atom. The third kappa shape index (κ3) is 1.84. The molecule has 7 nitrogen and oxygen atoms in total. The van der Waals surface area contributed by atoms with Crippen molar-refractivity contribution >= 4 is 16.8 Å². The van der Waals surface area contributed by atoms with Crippen molar-refractivity contribution in [2.45, 2.75) is 39.2 Å². The normalized spacial score (nSPS) is 25.8. The molecular weight excluding hydrogens is 280 g/mol. The van der Waals surface area contributed by atoms with E-state index in [-0.39, 0.29) is 11.6 Å². The van der Waals surface area contributed by atoms with E-state index in [0.717, 1.165) is 12.8 Å². The van der Waals surface area contributed by atoms with Gasteiger partial charge in [-0.2, -0.15) is 14.6 Å². The molecule has 3 atom stereocenters. The number of nitrogens with zero attached hydrogens (tertiary/aromatic N) is 6. The fourth-order valence-electron chi connectivity index (χ4n) is 3.57. The van der Waals surface area contributed by atoms with Crippen molar-refractivity contribution in [3.63, 3.8) is 0 Å². The number of hydrogen-bond donors (Lipinski definition) is 0. The summed E-state index contributed by atoms with van der Waals surface area (Å²) in [5.41, 5.74) is 0.916. The lowest BCUT2D eigenvalue weighted by Gasteiger charge is -2.35. The monoisotopic (exact) mass is 298 g/mol. The van der Waals surface area contributed by atoms with Crippen molar-refractivity contribution in [3.8, 4) is 0 Å². The first-order valence-electron chi connectivity index (χ1n) is 7.74. The Bertz CT molecular complexity index is 898. The van der Waals surface area contributed by atoms with Gasteiger partial charge in [-0.25, -0.2) is 0 Å². The molecule has 7 heteroatoms. The Hall–Kier alpha value is -2.31. The summed E-state index contributed by atoms with van der Waals surface area (Å²) in [5, 5.41) is 12.2. The van der Waals surface area contributed by atoms with Crippen molar-refractivity contribution in [1.29, 1.82) is 0 Å². The van der Waals surface area contributed by atoms with Crippen LogP contribution in [0.4, 0.5) is 0 Å². The minimum Gasteiger partial charge on any atom is -0.310 e. The highest BCUT2D eigenvalue weighted by Gasteiger charge is 2.29. The number of rotatable bonds is 1. The highest BCUT2D eigenvalue weighted by atomic mass is 16.1. The minimum absolute atomic E-state index is 0.0895. The Morgan fingerprint density at radius 2 is 2.09 bits per heavy atom. The molecule has 0 spiro atoms. The Balaban J connectivity index is 1.91. The van der Waals surface area contributed by atoms with Gasteiger partial charge in [0.05, 0.1) is 0 Å². The van der Waals surface area contributed by atoms with E-state index in [1.165, 1.54) is 12.7 Å². The van der Waals surface area contributed by atoms with Crippen LogP contribution < -0.4 is 5.56 Å². The third-order valence-electron chi connectivity index (χ3n) is 5.09. The molecule has 0 saturated heterocycles. The van der Waals surface area contributed by atoms with E-state index in [9.17, 15) is 4.79 Å². The zero-order valence-corrected chi connectivity index (χ0v) is 12.7. The van der Waals surface area contributed by atoms with E-state index >= 15 is 0 Å². The number of hydrogen-bond acceptors (Lipinski definition) is 5. The summed E-state index contributed by atoms with van der Waals surface area (Å²) in [6, 6.07) is 2.12. The highest BCUT2D eigenvalue weighted by Crippen LogP contribution is 2.36. The van der Waals surface area contributed by atoms with Crippen molar-refractivity contribution in [2.24, 2.45) is 11.8 Å². The first-order valence-corrected chi connectivity index (χ1v) is 7.74. The van der Waals surface area contributed by atoms with Crippen LogP contribution in [0.2, 0.25) is 0 Å².